The van der Waals surface area contributed by atoms with Crippen LogP contribution in [0.4, 0.5) is 29.3 Å². The number of fused-ring (bicyclic) bond motifs is 1. The lowest BCUT2D eigenvalue weighted by Crippen LogP contribution is -2.61. The summed E-state index contributed by atoms with van der Waals surface area (Å²) >= 11 is 6.12. The molecule has 1 aromatic carbocycles. The summed E-state index contributed by atoms with van der Waals surface area (Å²) in [6, 6.07) is 1.99. The van der Waals surface area contributed by atoms with Crippen LogP contribution >= 0.6 is 11.6 Å². The van der Waals surface area contributed by atoms with Gasteiger partial charge >= 0.3 is 12.3 Å². The Kier molecular flexibility index (Phi) is 9.84. The van der Waals surface area contributed by atoms with E-state index in [1.807, 2.05) is 31.7 Å². The molecule has 3 aromatic rings. The number of anilines is 2. The molecule has 1 fully saturated rings. The van der Waals surface area contributed by atoms with Gasteiger partial charge in [0.05, 0.1) is 41.2 Å². The Labute approximate surface area is 280 Å². The van der Waals surface area contributed by atoms with Gasteiger partial charge in [0.2, 0.25) is 11.7 Å². The summed E-state index contributed by atoms with van der Waals surface area (Å²) in [6.07, 6.45) is -2.35. The van der Waals surface area contributed by atoms with Crippen LogP contribution < -0.4 is 15.8 Å². The van der Waals surface area contributed by atoms with Gasteiger partial charge in [-0.2, -0.15) is 22.7 Å². The molecular formula is C32H39ClF3N7O5. The van der Waals surface area contributed by atoms with Crippen molar-refractivity contribution in [1.29, 1.82) is 0 Å². The highest BCUT2D eigenvalue weighted by Crippen LogP contribution is 2.34. The molecule has 0 radical (unpaired) electrons. The predicted octanol–water partition coefficient (Wildman–Crippen LogP) is 5.40. The number of alkyl halides is 3. The molecule has 0 bridgehead atoms. The van der Waals surface area contributed by atoms with E-state index in [-0.39, 0.29) is 41.7 Å². The van der Waals surface area contributed by atoms with Gasteiger partial charge in [-0.25, -0.2) is 4.79 Å². The molecule has 0 spiro atoms. The maximum atomic E-state index is 14.3. The molecule has 2 aliphatic rings. The molecule has 1 N–H and O–H groups in total. The lowest BCUT2D eigenvalue weighted by Gasteiger charge is -2.46. The summed E-state index contributed by atoms with van der Waals surface area (Å²) in [5.41, 5.74) is -0.442. The number of benzene rings is 1. The zero-order chi connectivity index (χ0) is 35.1. The molecule has 12 nitrogen and oxygen atoms in total. The van der Waals surface area contributed by atoms with E-state index in [1.54, 1.807) is 30.2 Å². The van der Waals surface area contributed by atoms with Crippen molar-refractivity contribution in [2.45, 2.75) is 84.8 Å². The number of amides is 2. The number of rotatable bonds is 6. The topological polar surface area (TPSA) is 123 Å². The lowest BCUT2D eigenvalue weighted by atomic mass is 10.0. The number of piperazine rings is 1. The number of halogens is 4. The SMILES string of the molecule is CCc1c(N2CCN(C(=O)OC(C)(C)C)[C@H](C)[C@@H]2C)c(=O)n2nc(C3=CCOCC3)nc2n1CC(=O)Nc1ccc(C(F)(F)F)cc1Cl. The minimum atomic E-state index is -4.60. The van der Waals surface area contributed by atoms with E-state index in [1.165, 1.54) is 4.52 Å². The van der Waals surface area contributed by atoms with Crippen LogP contribution in [0.3, 0.4) is 0 Å². The summed E-state index contributed by atoms with van der Waals surface area (Å²) in [7, 11) is 0. The molecule has 5 rings (SSSR count). The van der Waals surface area contributed by atoms with Crippen LogP contribution in [0.2, 0.25) is 5.02 Å². The molecule has 4 heterocycles. The number of hydrogen-bond donors (Lipinski definition) is 1. The normalized spacial score (nSPS) is 19.0. The van der Waals surface area contributed by atoms with Crippen LogP contribution in [0.5, 0.6) is 0 Å². The zero-order valence-electron chi connectivity index (χ0n) is 27.7. The molecule has 2 aromatic heterocycles. The first-order valence-electron chi connectivity index (χ1n) is 15.7. The van der Waals surface area contributed by atoms with Crippen molar-refractivity contribution >= 4 is 46.3 Å². The Morgan fingerprint density at radius 3 is 2.48 bits per heavy atom. The van der Waals surface area contributed by atoms with Crippen LogP contribution in [-0.2, 0) is 33.4 Å². The van der Waals surface area contributed by atoms with Gasteiger partial charge in [0, 0.05) is 19.1 Å². The van der Waals surface area contributed by atoms with Crippen molar-refractivity contribution in [3.63, 3.8) is 0 Å². The van der Waals surface area contributed by atoms with E-state index < -0.39 is 34.9 Å². The summed E-state index contributed by atoms with van der Waals surface area (Å²) in [5.74, 6) is -0.149. The van der Waals surface area contributed by atoms with Gasteiger partial charge in [-0.15, -0.1) is 5.10 Å². The van der Waals surface area contributed by atoms with E-state index in [2.05, 4.69) is 15.4 Å². The predicted molar refractivity (Wildman–Crippen MR) is 174 cm³/mol. The van der Waals surface area contributed by atoms with Crippen molar-refractivity contribution in [1.82, 2.24) is 24.1 Å². The van der Waals surface area contributed by atoms with Gasteiger partial charge in [-0.3, -0.25) is 9.59 Å². The Hall–Kier alpha value is -4.11. The molecule has 0 aliphatic carbocycles. The van der Waals surface area contributed by atoms with E-state index in [4.69, 9.17) is 21.1 Å². The average Bonchev–Trinajstić information content (AvgIpc) is 3.46. The summed E-state index contributed by atoms with van der Waals surface area (Å²) in [5, 5.41) is 6.89. The molecular weight excluding hydrogens is 655 g/mol. The summed E-state index contributed by atoms with van der Waals surface area (Å²) < 4.78 is 53.4. The van der Waals surface area contributed by atoms with Crippen molar-refractivity contribution in [2.24, 2.45) is 0 Å². The zero-order valence-corrected chi connectivity index (χ0v) is 28.4. The van der Waals surface area contributed by atoms with Crippen molar-refractivity contribution in [3.8, 4) is 0 Å². The van der Waals surface area contributed by atoms with Gasteiger partial charge in [-0.05, 0) is 71.2 Å². The highest BCUT2D eigenvalue weighted by Gasteiger charge is 2.38. The van der Waals surface area contributed by atoms with Crippen LogP contribution in [0, 0.1) is 0 Å². The number of hydrogen-bond acceptors (Lipinski definition) is 8. The first-order chi connectivity index (χ1) is 22.5. The summed E-state index contributed by atoms with van der Waals surface area (Å²) in [6.45, 7) is 12.1. The third-order valence-corrected chi connectivity index (χ3v) is 8.77. The maximum absolute atomic E-state index is 14.3. The van der Waals surface area contributed by atoms with Gasteiger partial charge in [0.25, 0.3) is 5.56 Å². The number of aromatic nitrogens is 4. The number of carbonyl (C=O) groups excluding carboxylic acids is 2. The second-order valence-corrected chi connectivity index (χ2v) is 13.2. The first-order valence-corrected chi connectivity index (χ1v) is 16.1. The van der Waals surface area contributed by atoms with E-state index >= 15 is 0 Å². The Morgan fingerprint density at radius 2 is 1.88 bits per heavy atom. The molecule has 0 saturated carbocycles. The number of nitrogens with one attached hydrogen (secondary N) is 1. The number of nitrogens with zero attached hydrogens (tertiary/aromatic N) is 6. The fraction of sp³-hybridized carbons (Fsp3) is 0.531. The molecule has 260 valence electrons. The monoisotopic (exact) mass is 693 g/mol. The van der Waals surface area contributed by atoms with E-state index in [0.29, 0.717) is 49.8 Å². The standard InChI is InChI=1S/C32H39ClF3N7O5/c1-7-24-26(40-12-13-41(19(3)18(40)2)30(46)48-31(4,5)6)28(45)43-29(38-27(39-43)20-10-14-47-15-11-20)42(24)17-25(44)37-23-9-8-21(16-22(23)33)32(34,35)36/h8-10,16,18-19H,7,11-15,17H2,1-6H3,(H,37,44)/t18-,19+/m0/s1. The average molecular weight is 694 g/mol. The molecule has 2 atom stereocenters. The fourth-order valence-corrected chi connectivity index (χ4v) is 6.16. The smallest absolute Gasteiger partial charge is 0.416 e. The summed E-state index contributed by atoms with van der Waals surface area (Å²) in [4.78, 5) is 49.1. The van der Waals surface area contributed by atoms with Crippen LogP contribution in [0.15, 0.2) is 29.1 Å². The number of carbonyl (C=O) groups is 2. The molecule has 48 heavy (non-hydrogen) atoms. The molecule has 2 aliphatic heterocycles. The van der Waals surface area contributed by atoms with E-state index in [9.17, 15) is 27.6 Å². The van der Waals surface area contributed by atoms with Gasteiger partial charge in [0.15, 0.2) is 5.82 Å². The Bertz CT molecular complexity index is 1810. The molecule has 2 amide bonds. The Balaban J connectivity index is 1.56. The van der Waals surface area contributed by atoms with Gasteiger partial charge < -0.3 is 29.2 Å². The molecule has 16 heteroatoms. The van der Waals surface area contributed by atoms with Crippen molar-refractivity contribution in [2.75, 3.05) is 36.5 Å². The lowest BCUT2D eigenvalue weighted by molar-refractivity contribution is -0.137. The van der Waals surface area contributed by atoms with Crippen molar-refractivity contribution < 1.29 is 32.2 Å². The minimum absolute atomic E-state index is 0.000216. The third kappa shape index (κ3) is 7.16. The quantitative estimate of drug-likeness (QED) is 0.364. The van der Waals surface area contributed by atoms with Crippen LogP contribution in [-0.4, -0.2) is 80.1 Å². The highest BCUT2D eigenvalue weighted by atomic mass is 35.5. The van der Waals surface area contributed by atoms with Gasteiger partial charge in [-0.1, -0.05) is 24.6 Å². The highest BCUT2D eigenvalue weighted by molar-refractivity contribution is 6.33. The molecule has 1 saturated heterocycles. The number of ether oxygens (including phenoxy) is 2. The van der Waals surface area contributed by atoms with Crippen molar-refractivity contribution in [3.05, 3.63) is 56.7 Å². The van der Waals surface area contributed by atoms with E-state index in [0.717, 1.165) is 23.8 Å². The van der Waals surface area contributed by atoms with Gasteiger partial charge in [0.1, 0.15) is 17.8 Å². The largest absolute Gasteiger partial charge is 0.444 e. The fourth-order valence-electron chi connectivity index (χ4n) is 5.93. The third-order valence-electron chi connectivity index (χ3n) is 8.46. The second kappa shape index (κ2) is 13.4. The Morgan fingerprint density at radius 1 is 1.15 bits per heavy atom. The maximum Gasteiger partial charge on any atom is 0.416 e. The second-order valence-electron chi connectivity index (χ2n) is 12.8. The molecule has 0 unspecified atom stereocenters. The van der Waals surface area contributed by atoms with Crippen LogP contribution in [0.1, 0.15) is 65.0 Å². The van der Waals surface area contributed by atoms with Crippen LogP contribution in [0.25, 0.3) is 11.4 Å². The minimum Gasteiger partial charge on any atom is -0.444 e. The first kappa shape index (κ1) is 35.2.